The summed E-state index contributed by atoms with van der Waals surface area (Å²) in [4.78, 5) is 11.7. The van der Waals surface area contributed by atoms with E-state index in [1.807, 2.05) is 24.3 Å². The van der Waals surface area contributed by atoms with Crippen LogP contribution in [0.2, 0.25) is 5.02 Å². The number of hydrogen-bond acceptors (Lipinski definition) is 2. The van der Waals surface area contributed by atoms with Crippen LogP contribution in [0.5, 0.6) is 0 Å². The normalized spacial score (nSPS) is 10.4. The van der Waals surface area contributed by atoms with Gasteiger partial charge in [0, 0.05) is 5.02 Å². The molecule has 0 saturated carbocycles. The first kappa shape index (κ1) is 11.0. The summed E-state index contributed by atoms with van der Waals surface area (Å²) in [5.41, 5.74) is 0.580. The van der Waals surface area contributed by atoms with Crippen LogP contribution in [-0.4, -0.2) is 12.6 Å². The lowest BCUT2D eigenvalue weighted by molar-refractivity contribution is 0.0528. The molecule has 0 bridgehead atoms. The van der Waals surface area contributed by atoms with Gasteiger partial charge in [-0.15, -0.1) is 0 Å². The van der Waals surface area contributed by atoms with Gasteiger partial charge in [-0.25, -0.2) is 4.79 Å². The second kappa shape index (κ2) is 4.54. The zero-order valence-electron chi connectivity index (χ0n) is 8.87. The highest BCUT2D eigenvalue weighted by atomic mass is 35.5. The molecule has 16 heavy (non-hydrogen) atoms. The van der Waals surface area contributed by atoms with Gasteiger partial charge in [0.2, 0.25) is 0 Å². The van der Waals surface area contributed by atoms with Gasteiger partial charge in [-0.05, 0) is 35.9 Å². The molecule has 0 N–H and O–H groups in total. The molecule has 0 heterocycles. The van der Waals surface area contributed by atoms with Crippen molar-refractivity contribution in [2.24, 2.45) is 0 Å². The van der Waals surface area contributed by atoms with Gasteiger partial charge in [-0.2, -0.15) is 0 Å². The van der Waals surface area contributed by atoms with Gasteiger partial charge in [0.05, 0.1) is 12.2 Å². The van der Waals surface area contributed by atoms with Crippen molar-refractivity contribution in [1.29, 1.82) is 0 Å². The lowest BCUT2D eigenvalue weighted by Gasteiger charge is -2.06. The van der Waals surface area contributed by atoms with Crippen LogP contribution in [0.1, 0.15) is 17.3 Å². The first-order valence-corrected chi connectivity index (χ1v) is 5.45. The highest BCUT2D eigenvalue weighted by Crippen LogP contribution is 2.23. The number of carbonyl (C=O) groups is 1. The van der Waals surface area contributed by atoms with Gasteiger partial charge in [-0.1, -0.05) is 29.8 Å². The van der Waals surface area contributed by atoms with Gasteiger partial charge in [0.25, 0.3) is 0 Å². The van der Waals surface area contributed by atoms with E-state index >= 15 is 0 Å². The quantitative estimate of drug-likeness (QED) is 0.741. The van der Waals surface area contributed by atoms with Crippen LogP contribution in [0.15, 0.2) is 36.4 Å². The van der Waals surface area contributed by atoms with Crippen LogP contribution in [0.25, 0.3) is 10.8 Å². The number of esters is 1. The summed E-state index contributed by atoms with van der Waals surface area (Å²) in [6.07, 6.45) is 0. The van der Waals surface area contributed by atoms with E-state index in [1.165, 1.54) is 0 Å². The van der Waals surface area contributed by atoms with E-state index in [0.29, 0.717) is 17.2 Å². The number of rotatable bonds is 2. The van der Waals surface area contributed by atoms with Crippen molar-refractivity contribution in [2.75, 3.05) is 6.61 Å². The monoisotopic (exact) mass is 234 g/mol. The van der Waals surface area contributed by atoms with Gasteiger partial charge < -0.3 is 4.74 Å². The summed E-state index contributed by atoms with van der Waals surface area (Å²) >= 11 is 5.90. The molecule has 2 nitrogen and oxygen atoms in total. The molecule has 0 atom stereocenters. The number of halogens is 1. The molecule has 0 aromatic heterocycles. The van der Waals surface area contributed by atoms with Gasteiger partial charge in [0.1, 0.15) is 0 Å². The summed E-state index contributed by atoms with van der Waals surface area (Å²) in [5.74, 6) is -0.296. The molecule has 0 saturated heterocycles. The van der Waals surface area contributed by atoms with Crippen LogP contribution in [-0.2, 0) is 4.74 Å². The average molecular weight is 235 g/mol. The summed E-state index contributed by atoms with van der Waals surface area (Å²) in [7, 11) is 0. The van der Waals surface area contributed by atoms with E-state index in [2.05, 4.69) is 0 Å². The predicted molar refractivity (Wildman–Crippen MR) is 64.9 cm³/mol. The Balaban J connectivity index is 2.58. The van der Waals surface area contributed by atoms with Crippen molar-refractivity contribution < 1.29 is 9.53 Å². The Hall–Kier alpha value is -1.54. The fraction of sp³-hybridized carbons (Fsp3) is 0.154. The number of ether oxygens (including phenoxy) is 1. The standard InChI is InChI=1S/C13H11ClO2/c1-2-16-13(15)12-5-3-4-9-8-10(14)6-7-11(9)12/h3-8H,2H2,1H3. The molecular formula is C13H11ClO2. The van der Waals surface area contributed by atoms with Crippen LogP contribution < -0.4 is 0 Å². The maximum Gasteiger partial charge on any atom is 0.338 e. The summed E-state index contributed by atoms with van der Waals surface area (Å²) in [6.45, 7) is 2.17. The third-order valence-corrected chi connectivity index (χ3v) is 2.57. The molecule has 0 spiro atoms. The van der Waals surface area contributed by atoms with Crippen LogP contribution in [0.4, 0.5) is 0 Å². The molecule has 0 fully saturated rings. The summed E-state index contributed by atoms with van der Waals surface area (Å²) < 4.78 is 4.99. The first-order chi connectivity index (χ1) is 7.72. The van der Waals surface area contributed by atoms with Gasteiger partial charge in [0.15, 0.2) is 0 Å². The lowest BCUT2D eigenvalue weighted by Crippen LogP contribution is -2.04. The SMILES string of the molecule is CCOC(=O)c1cccc2cc(Cl)ccc12. The molecule has 0 amide bonds. The van der Waals surface area contributed by atoms with E-state index < -0.39 is 0 Å². The Labute approximate surface area is 98.8 Å². The molecular weight excluding hydrogens is 224 g/mol. The molecule has 2 rings (SSSR count). The first-order valence-electron chi connectivity index (χ1n) is 5.08. The van der Waals surface area contributed by atoms with E-state index in [4.69, 9.17) is 16.3 Å². The number of benzene rings is 2. The minimum absolute atomic E-state index is 0.296. The summed E-state index contributed by atoms with van der Waals surface area (Å²) in [5, 5.41) is 2.47. The molecule has 2 aromatic rings. The van der Waals surface area contributed by atoms with Crippen molar-refractivity contribution in [1.82, 2.24) is 0 Å². The van der Waals surface area contributed by atoms with Gasteiger partial charge in [-0.3, -0.25) is 0 Å². The second-order valence-electron chi connectivity index (χ2n) is 3.39. The topological polar surface area (TPSA) is 26.3 Å². The molecule has 2 aromatic carbocycles. The van der Waals surface area contributed by atoms with Crippen LogP contribution in [0.3, 0.4) is 0 Å². The molecule has 82 valence electrons. The Morgan fingerprint density at radius 2 is 2.12 bits per heavy atom. The minimum atomic E-state index is -0.296. The van der Waals surface area contributed by atoms with Crippen LogP contribution >= 0.6 is 11.6 Å². The molecule has 0 aliphatic carbocycles. The number of fused-ring (bicyclic) bond motifs is 1. The van der Waals surface area contributed by atoms with E-state index in [-0.39, 0.29) is 5.97 Å². The van der Waals surface area contributed by atoms with E-state index in [9.17, 15) is 4.79 Å². The minimum Gasteiger partial charge on any atom is -0.462 e. The molecule has 0 unspecified atom stereocenters. The fourth-order valence-corrected chi connectivity index (χ4v) is 1.82. The number of carbonyl (C=O) groups excluding carboxylic acids is 1. The van der Waals surface area contributed by atoms with Crippen molar-refractivity contribution in [3.8, 4) is 0 Å². The zero-order chi connectivity index (χ0) is 11.5. The molecule has 0 aliphatic rings. The highest BCUT2D eigenvalue weighted by Gasteiger charge is 2.10. The molecule has 0 radical (unpaired) electrons. The Kier molecular flexibility index (Phi) is 3.11. The maximum absolute atomic E-state index is 11.7. The van der Waals surface area contributed by atoms with Crippen molar-refractivity contribution in [3.05, 3.63) is 47.0 Å². The average Bonchev–Trinajstić information content (AvgIpc) is 2.28. The molecule has 0 aliphatic heterocycles. The zero-order valence-corrected chi connectivity index (χ0v) is 9.62. The van der Waals surface area contributed by atoms with Crippen molar-refractivity contribution >= 4 is 28.3 Å². The Morgan fingerprint density at radius 1 is 1.31 bits per heavy atom. The van der Waals surface area contributed by atoms with Gasteiger partial charge >= 0.3 is 5.97 Å². The second-order valence-corrected chi connectivity index (χ2v) is 3.83. The third kappa shape index (κ3) is 2.02. The van der Waals surface area contributed by atoms with Crippen LogP contribution in [0, 0.1) is 0 Å². The lowest BCUT2D eigenvalue weighted by atomic mass is 10.0. The van der Waals surface area contributed by atoms with E-state index in [0.717, 1.165) is 10.8 Å². The van der Waals surface area contributed by atoms with Crippen molar-refractivity contribution in [2.45, 2.75) is 6.92 Å². The number of hydrogen-bond donors (Lipinski definition) is 0. The fourth-order valence-electron chi connectivity index (χ4n) is 1.64. The van der Waals surface area contributed by atoms with E-state index in [1.54, 1.807) is 19.1 Å². The van der Waals surface area contributed by atoms with Crippen molar-refractivity contribution in [3.63, 3.8) is 0 Å². The Bertz CT molecular complexity index is 534. The molecule has 3 heteroatoms. The highest BCUT2D eigenvalue weighted by molar-refractivity contribution is 6.31. The smallest absolute Gasteiger partial charge is 0.338 e. The third-order valence-electron chi connectivity index (χ3n) is 2.34. The maximum atomic E-state index is 11.7. The summed E-state index contributed by atoms with van der Waals surface area (Å²) in [6, 6.07) is 10.9. The predicted octanol–water partition coefficient (Wildman–Crippen LogP) is 3.67. The Morgan fingerprint density at radius 3 is 2.88 bits per heavy atom. The largest absolute Gasteiger partial charge is 0.462 e.